The Kier molecular flexibility index (Phi) is 3.88. The first-order valence-electron chi connectivity index (χ1n) is 6.07. The van der Waals surface area contributed by atoms with Gasteiger partial charge in [-0.15, -0.1) is 0 Å². The topological polar surface area (TPSA) is 115 Å². The summed E-state index contributed by atoms with van der Waals surface area (Å²) in [6.07, 6.45) is 2.62. The molecule has 104 valence electrons. The van der Waals surface area contributed by atoms with Gasteiger partial charge in [0.15, 0.2) is 0 Å². The minimum absolute atomic E-state index is 0.0167. The van der Waals surface area contributed by atoms with Crippen LogP contribution in [0.2, 0.25) is 0 Å². The Bertz CT molecular complexity index is 568. The van der Waals surface area contributed by atoms with Crippen molar-refractivity contribution in [1.82, 2.24) is 0 Å². The summed E-state index contributed by atoms with van der Waals surface area (Å²) < 4.78 is 22.2. The molecule has 0 aromatic heterocycles. The maximum absolute atomic E-state index is 12.0. The molecule has 1 fully saturated rings. The number of nitrogens with two attached hydrogens (primary N) is 2. The molecule has 2 rings (SSSR count). The van der Waals surface area contributed by atoms with Crippen molar-refractivity contribution >= 4 is 21.6 Å². The van der Waals surface area contributed by atoms with Crippen LogP contribution in [0.5, 0.6) is 0 Å². The van der Waals surface area contributed by atoms with Crippen LogP contribution in [0.1, 0.15) is 19.3 Å². The zero-order valence-electron chi connectivity index (χ0n) is 10.4. The van der Waals surface area contributed by atoms with E-state index in [4.69, 9.17) is 10.9 Å². The first-order valence-corrected chi connectivity index (χ1v) is 7.62. The highest BCUT2D eigenvalue weighted by molar-refractivity contribution is 7.89. The van der Waals surface area contributed by atoms with Gasteiger partial charge in [-0.3, -0.25) is 4.79 Å². The second-order valence-corrected chi connectivity index (χ2v) is 6.32. The molecule has 1 saturated carbocycles. The highest BCUT2D eigenvalue weighted by Gasteiger charge is 2.30. The van der Waals surface area contributed by atoms with Gasteiger partial charge in [-0.1, -0.05) is 6.42 Å². The lowest BCUT2D eigenvalue weighted by molar-refractivity contribution is -0.120. The Morgan fingerprint density at radius 1 is 1.21 bits per heavy atom. The van der Waals surface area contributed by atoms with Gasteiger partial charge in [-0.2, -0.15) is 0 Å². The van der Waals surface area contributed by atoms with Crippen molar-refractivity contribution in [2.75, 3.05) is 5.32 Å². The number of amides is 1. The number of primary sulfonamides is 1. The van der Waals surface area contributed by atoms with E-state index >= 15 is 0 Å². The van der Waals surface area contributed by atoms with Crippen LogP contribution in [0.4, 0.5) is 5.69 Å². The molecule has 6 nitrogen and oxygen atoms in total. The average molecular weight is 283 g/mol. The molecular weight excluding hydrogens is 266 g/mol. The van der Waals surface area contributed by atoms with Crippen LogP contribution in [0.3, 0.4) is 0 Å². The van der Waals surface area contributed by atoms with Gasteiger partial charge >= 0.3 is 0 Å². The summed E-state index contributed by atoms with van der Waals surface area (Å²) in [6.45, 7) is 0. The molecule has 2 unspecified atom stereocenters. The minimum Gasteiger partial charge on any atom is -0.327 e. The van der Waals surface area contributed by atoms with Crippen LogP contribution in [0.15, 0.2) is 29.2 Å². The second kappa shape index (κ2) is 5.28. The van der Waals surface area contributed by atoms with Gasteiger partial charge in [-0.05, 0) is 37.1 Å². The van der Waals surface area contributed by atoms with E-state index in [1.807, 2.05) is 0 Å². The normalized spacial score (nSPS) is 23.3. The summed E-state index contributed by atoms with van der Waals surface area (Å²) in [4.78, 5) is 12.0. The number of carbonyl (C=O) groups is 1. The molecule has 5 N–H and O–H groups in total. The number of nitrogens with one attached hydrogen (secondary N) is 1. The molecule has 0 aliphatic heterocycles. The fraction of sp³-hybridized carbons (Fsp3) is 0.417. The Morgan fingerprint density at radius 3 is 2.32 bits per heavy atom. The summed E-state index contributed by atoms with van der Waals surface area (Å²) in [5.41, 5.74) is 6.40. The van der Waals surface area contributed by atoms with Crippen LogP contribution in [0, 0.1) is 5.92 Å². The lowest BCUT2D eigenvalue weighted by Crippen LogP contribution is -2.34. The van der Waals surface area contributed by atoms with Crippen LogP contribution in [-0.4, -0.2) is 20.4 Å². The number of hydrogen-bond donors (Lipinski definition) is 3. The first kappa shape index (κ1) is 14.0. The summed E-state index contributed by atoms with van der Waals surface area (Å²) in [5, 5.41) is 7.73. The fourth-order valence-corrected chi connectivity index (χ4v) is 2.79. The maximum Gasteiger partial charge on any atom is 0.238 e. The molecule has 0 spiro atoms. The van der Waals surface area contributed by atoms with Crippen LogP contribution >= 0.6 is 0 Å². The van der Waals surface area contributed by atoms with Crippen molar-refractivity contribution in [2.24, 2.45) is 16.8 Å². The van der Waals surface area contributed by atoms with Crippen molar-refractivity contribution < 1.29 is 13.2 Å². The third-order valence-electron chi connectivity index (χ3n) is 3.36. The summed E-state index contributed by atoms with van der Waals surface area (Å²) >= 11 is 0. The van der Waals surface area contributed by atoms with Crippen LogP contribution in [0.25, 0.3) is 0 Å². The number of hydrogen-bond acceptors (Lipinski definition) is 4. The second-order valence-electron chi connectivity index (χ2n) is 4.76. The number of anilines is 1. The first-order chi connectivity index (χ1) is 8.88. The van der Waals surface area contributed by atoms with Crippen LogP contribution < -0.4 is 16.2 Å². The maximum atomic E-state index is 12.0. The molecule has 1 aliphatic rings. The van der Waals surface area contributed by atoms with Gasteiger partial charge in [-0.25, -0.2) is 13.6 Å². The third-order valence-corrected chi connectivity index (χ3v) is 4.29. The predicted octanol–water partition coefficient (Wildman–Crippen LogP) is 0.400. The number of carbonyl (C=O) groups excluding carboxylic acids is 1. The lowest BCUT2D eigenvalue weighted by atomic mass is 10.0. The standard InChI is InChI=1S/C12H17N3O3S/c13-11-3-1-2-10(11)12(16)15-8-4-6-9(7-5-8)19(14,17)18/h4-7,10-11H,1-3,13H2,(H,15,16)(H2,14,17,18). The van der Waals surface area contributed by atoms with Crippen molar-refractivity contribution in [2.45, 2.75) is 30.2 Å². The van der Waals surface area contributed by atoms with Gasteiger partial charge in [0.2, 0.25) is 15.9 Å². The van der Waals surface area contributed by atoms with Crippen molar-refractivity contribution in [1.29, 1.82) is 0 Å². The highest BCUT2D eigenvalue weighted by atomic mass is 32.2. The average Bonchev–Trinajstić information content (AvgIpc) is 2.75. The monoisotopic (exact) mass is 283 g/mol. The molecule has 1 aromatic rings. The fourth-order valence-electron chi connectivity index (χ4n) is 2.28. The zero-order chi connectivity index (χ0) is 14.0. The Labute approximate surface area is 112 Å². The Balaban J connectivity index is 2.06. The molecule has 0 radical (unpaired) electrons. The molecule has 19 heavy (non-hydrogen) atoms. The highest BCUT2D eigenvalue weighted by Crippen LogP contribution is 2.25. The molecule has 7 heteroatoms. The van der Waals surface area contributed by atoms with Crippen molar-refractivity contribution in [3.8, 4) is 0 Å². The van der Waals surface area contributed by atoms with E-state index in [9.17, 15) is 13.2 Å². The van der Waals surface area contributed by atoms with E-state index in [2.05, 4.69) is 5.32 Å². The molecule has 0 heterocycles. The largest absolute Gasteiger partial charge is 0.327 e. The van der Waals surface area contributed by atoms with E-state index in [1.165, 1.54) is 24.3 Å². The van der Waals surface area contributed by atoms with E-state index < -0.39 is 10.0 Å². The SMILES string of the molecule is NC1CCCC1C(=O)Nc1ccc(S(N)(=O)=O)cc1. The number of rotatable bonds is 3. The summed E-state index contributed by atoms with van der Waals surface area (Å²) in [5.74, 6) is -0.286. The predicted molar refractivity (Wildman–Crippen MR) is 71.8 cm³/mol. The molecule has 1 amide bonds. The molecule has 0 saturated heterocycles. The van der Waals surface area contributed by atoms with Gasteiger partial charge in [0, 0.05) is 11.7 Å². The van der Waals surface area contributed by atoms with E-state index in [0.717, 1.165) is 19.3 Å². The molecular formula is C12H17N3O3S. The van der Waals surface area contributed by atoms with Gasteiger partial charge < -0.3 is 11.1 Å². The molecule has 1 aromatic carbocycles. The van der Waals surface area contributed by atoms with Gasteiger partial charge in [0.05, 0.1) is 10.8 Å². The minimum atomic E-state index is -3.71. The third kappa shape index (κ3) is 3.31. The zero-order valence-corrected chi connectivity index (χ0v) is 11.2. The summed E-state index contributed by atoms with van der Waals surface area (Å²) in [7, 11) is -3.71. The Morgan fingerprint density at radius 2 is 1.84 bits per heavy atom. The Hall–Kier alpha value is -1.44. The van der Waals surface area contributed by atoms with Gasteiger partial charge in [0.25, 0.3) is 0 Å². The van der Waals surface area contributed by atoms with Crippen LogP contribution in [-0.2, 0) is 14.8 Å². The quantitative estimate of drug-likeness (QED) is 0.744. The number of benzene rings is 1. The molecule has 1 aliphatic carbocycles. The van der Waals surface area contributed by atoms with Gasteiger partial charge in [0.1, 0.15) is 0 Å². The lowest BCUT2D eigenvalue weighted by Gasteiger charge is -2.15. The summed E-state index contributed by atoms with van der Waals surface area (Å²) in [6, 6.07) is 5.65. The smallest absolute Gasteiger partial charge is 0.238 e. The van der Waals surface area contributed by atoms with E-state index in [1.54, 1.807) is 0 Å². The molecule has 0 bridgehead atoms. The van der Waals surface area contributed by atoms with E-state index in [-0.39, 0.29) is 22.8 Å². The van der Waals surface area contributed by atoms with E-state index in [0.29, 0.717) is 5.69 Å². The van der Waals surface area contributed by atoms with Crippen molar-refractivity contribution in [3.63, 3.8) is 0 Å². The number of sulfonamides is 1. The van der Waals surface area contributed by atoms with Crippen molar-refractivity contribution in [3.05, 3.63) is 24.3 Å². The molecule has 2 atom stereocenters.